The highest BCUT2D eigenvalue weighted by atomic mass is 19.1. The van der Waals surface area contributed by atoms with E-state index in [9.17, 15) is 4.39 Å². The van der Waals surface area contributed by atoms with Gasteiger partial charge in [-0.2, -0.15) is 0 Å². The fourth-order valence-electron chi connectivity index (χ4n) is 1.84. The number of hydrogen-bond donors (Lipinski definition) is 1. The van der Waals surface area contributed by atoms with E-state index in [0.717, 1.165) is 23.4 Å². The van der Waals surface area contributed by atoms with Crippen LogP contribution in [0.2, 0.25) is 0 Å². The fourth-order valence-corrected chi connectivity index (χ4v) is 1.84. The van der Waals surface area contributed by atoms with Crippen LogP contribution in [0.15, 0.2) is 30.6 Å². The molecule has 4 heteroatoms. The molecule has 2 rings (SSSR count). The van der Waals surface area contributed by atoms with Gasteiger partial charge in [-0.25, -0.2) is 9.37 Å². The maximum absolute atomic E-state index is 13.2. The van der Waals surface area contributed by atoms with E-state index in [1.165, 1.54) is 6.07 Å². The van der Waals surface area contributed by atoms with E-state index in [2.05, 4.69) is 4.98 Å². The lowest BCUT2D eigenvalue weighted by Crippen LogP contribution is -2.11. The van der Waals surface area contributed by atoms with Gasteiger partial charge in [-0.3, -0.25) is 0 Å². The average Bonchev–Trinajstić information content (AvgIpc) is 2.72. The van der Waals surface area contributed by atoms with Crippen LogP contribution in [0.25, 0.3) is 0 Å². The molecule has 0 unspecified atom stereocenters. The van der Waals surface area contributed by atoms with E-state index in [0.29, 0.717) is 13.1 Å². The van der Waals surface area contributed by atoms with Crippen LogP contribution in [0.1, 0.15) is 17.0 Å². The Morgan fingerprint density at radius 3 is 3.00 bits per heavy atom. The van der Waals surface area contributed by atoms with E-state index in [1.54, 1.807) is 18.3 Å². The zero-order chi connectivity index (χ0) is 12.3. The van der Waals surface area contributed by atoms with Crippen molar-refractivity contribution < 1.29 is 4.39 Å². The highest BCUT2D eigenvalue weighted by Crippen LogP contribution is 2.13. The number of imidazole rings is 1. The largest absolute Gasteiger partial charge is 0.330 e. The number of hydrogen-bond acceptors (Lipinski definition) is 2. The molecule has 1 aromatic heterocycles. The third-order valence-electron chi connectivity index (χ3n) is 2.82. The summed E-state index contributed by atoms with van der Waals surface area (Å²) in [6.07, 6.45) is 4.39. The van der Waals surface area contributed by atoms with Crippen molar-refractivity contribution in [2.24, 2.45) is 5.73 Å². The molecule has 0 saturated heterocycles. The van der Waals surface area contributed by atoms with Crippen LogP contribution in [-0.2, 0) is 13.0 Å². The third kappa shape index (κ3) is 2.71. The van der Waals surface area contributed by atoms with Gasteiger partial charge in [0, 0.05) is 25.4 Å². The van der Waals surface area contributed by atoms with Gasteiger partial charge in [-0.05, 0) is 36.7 Å². The molecule has 0 saturated carbocycles. The van der Waals surface area contributed by atoms with Crippen LogP contribution >= 0.6 is 0 Å². The molecule has 0 fully saturated rings. The summed E-state index contributed by atoms with van der Waals surface area (Å²) >= 11 is 0. The van der Waals surface area contributed by atoms with E-state index < -0.39 is 0 Å². The minimum absolute atomic E-state index is 0.203. The molecular formula is C13H16FN3. The molecule has 1 heterocycles. The van der Waals surface area contributed by atoms with Crippen molar-refractivity contribution in [3.63, 3.8) is 0 Å². The molecule has 0 spiro atoms. The predicted molar refractivity (Wildman–Crippen MR) is 65.2 cm³/mol. The van der Waals surface area contributed by atoms with E-state index in [-0.39, 0.29) is 5.82 Å². The molecule has 0 atom stereocenters. The van der Waals surface area contributed by atoms with Crippen LogP contribution in [-0.4, -0.2) is 16.1 Å². The Hall–Kier alpha value is -1.68. The average molecular weight is 233 g/mol. The number of aromatic nitrogens is 2. The Morgan fingerprint density at radius 1 is 1.41 bits per heavy atom. The summed E-state index contributed by atoms with van der Waals surface area (Å²) in [6, 6.07) is 4.85. The smallest absolute Gasteiger partial charge is 0.123 e. The van der Waals surface area contributed by atoms with Crippen molar-refractivity contribution in [2.75, 3.05) is 6.54 Å². The molecule has 3 nitrogen and oxygen atoms in total. The lowest BCUT2D eigenvalue weighted by atomic mass is 10.1. The number of halogens is 1. The molecule has 17 heavy (non-hydrogen) atoms. The van der Waals surface area contributed by atoms with E-state index in [4.69, 9.17) is 5.73 Å². The molecular weight excluding hydrogens is 217 g/mol. The van der Waals surface area contributed by atoms with Gasteiger partial charge in [-0.15, -0.1) is 0 Å². The Kier molecular flexibility index (Phi) is 3.54. The molecule has 1 aromatic carbocycles. The zero-order valence-corrected chi connectivity index (χ0v) is 9.86. The lowest BCUT2D eigenvalue weighted by Gasteiger charge is -2.10. The molecule has 0 aliphatic carbocycles. The van der Waals surface area contributed by atoms with Gasteiger partial charge in [0.25, 0.3) is 0 Å². The van der Waals surface area contributed by atoms with Crippen molar-refractivity contribution in [3.8, 4) is 0 Å². The van der Waals surface area contributed by atoms with Gasteiger partial charge in [0.1, 0.15) is 11.6 Å². The molecule has 2 aromatic rings. The standard InChI is InChI=1S/C13H16FN3/c1-10-2-3-12(14)8-11(10)9-17-7-6-16-13(17)4-5-15/h2-3,6-8H,4-5,9,15H2,1H3. The van der Waals surface area contributed by atoms with Gasteiger partial charge in [-0.1, -0.05) is 6.07 Å². The first kappa shape index (κ1) is 11.8. The summed E-state index contributed by atoms with van der Waals surface area (Å²) in [7, 11) is 0. The summed E-state index contributed by atoms with van der Waals surface area (Å²) in [5.74, 6) is 0.738. The van der Waals surface area contributed by atoms with Crippen molar-refractivity contribution >= 4 is 0 Å². The molecule has 90 valence electrons. The van der Waals surface area contributed by atoms with Crippen molar-refractivity contribution in [1.29, 1.82) is 0 Å². The molecule has 0 amide bonds. The number of nitrogens with zero attached hydrogens (tertiary/aromatic N) is 2. The lowest BCUT2D eigenvalue weighted by molar-refractivity contribution is 0.621. The summed E-state index contributed by atoms with van der Waals surface area (Å²) in [5.41, 5.74) is 7.58. The van der Waals surface area contributed by atoms with Gasteiger partial charge in [0.15, 0.2) is 0 Å². The van der Waals surface area contributed by atoms with Crippen LogP contribution < -0.4 is 5.73 Å². The van der Waals surface area contributed by atoms with Crippen molar-refractivity contribution in [3.05, 3.63) is 53.4 Å². The summed E-state index contributed by atoms with van der Waals surface area (Å²) in [4.78, 5) is 4.24. The van der Waals surface area contributed by atoms with Crippen LogP contribution in [0.4, 0.5) is 4.39 Å². The topological polar surface area (TPSA) is 43.8 Å². The first-order valence-electron chi connectivity index (χ1n) is 5.66. The Morgan fingerprint density at radius 2 is 2.24 bits per heavy atom. The normalized spacial score (nSPS) is 10.8. The second-order valence-corrected chi connectivity index (χ2v) is 4.08. The van der Waals surface area contributed by atoms with Crippen molar-refractivity contribution in [1.82, 2.24) is 9.55 Å². The summed E-state index contributed by atoms with van der Waals surface area (Å²) in [5, 5.41) is 0. The van der Waals surface area contributed by atoms with E-state index in [1.807, 2.05) is 17.7 Å². The monoisotopic (exact) mass is 233 g/mol. The Bertz CT molecular complexity index is 505. The van der Waals surface area contributed by atoms with Gasteiger partial charge in [0.05, 0.1) is 0 Å². The highest BCUT2D eigenvalue weighted by molar-refractivity contribution is 5.27. The zero-order valence-electron chi connectivity index (χ0n) is 9.86. The first-order chi connectivity index (χ1) is 8.20. The maximum atomic E-state index is 13.2. The fraction of sp³-hybridized carbons (Fsp3) is 0.308. The quantitative estimate of drug-likeness (QED) is 0.876. The number of rotatable bonds is 4. The molecule has 2 N–H and O–H groups in total. The number of nitrogens with two attached hydrogens (primary N) is 1. The van der Waals surface area contributed by atoms with Crippen molar-refractivity contribution in [2.45, 2.75) is 19.9 Å². The van der Waals surface area contributed by atoms with Gasteiger partial charge < -0.3 is 10.3 Å². The summed E-state index contributed by atoms with van der Waals surface area (Å²) in [6.45, 7) is 3.19. The summed E-state index contributed by atoms with van der Waals surface area (Å²) < 4.78 is 15.2. The SMILES string of the molecule is Cc1ccc(F)cc1Cn1ccnc1CCN. The molecule has 0 bridgehead atoms. The second kappa shape index (κ2) is 5.10. The molecule has 0 aliphatic heterocycles. The predicted octanol–water partition coefficient (Wildman–Crippen LogP) is 1.88. The number of benzene rings is 1. The van der Waals surface area contributed by atoms with Crippen LogP contribution in [0.5, 0.6) is 0 Å². The second-order valence-electron chi connectivity index (χ2n) is 4.08. The first-order valence-corrected chi connectivity index (χ1v) is 5.66. The van der Waals surface area contributed by atoms with Gasteiger partial charge in [0.2, 0.25) is 0 Å². The number of aryl methyl sites for hydroxylation is 1. The minimum Gasteiger partial charge on any atom is -0.330 e. The highest BCUT2D eigenvalue weighted by Gasteiger charge is 2.05. The van der Waals surface area contributed by atoms with E-state index >= 15 is 0 Å². The Labute approximate surface area is 100 Å². The van der Waals surface area contributed by atoms with Crippen LogP contribution in [0.3, 0.4) is 0 Å². The third-order valence-corrected chi connectivity index (χ3v) is 2.82. The van der Waals surface area contributed by atoms with Gasteiger partial charge >= 0.3 is 0 Å². The molecule has 0 radical (unpaired) electrons. The van der Waals surface area contributed by atoms with Crippen LogP contribution in [0, 0.1) is 12.7 Å². The Balaban J connectivity index is 2.25. The minimum atomic E-state index is -0.203. The molecule has 0 aliphatic rings. The maximum Gasteiger partial charge on any atom is 0.123 e.